The summed E-state index contributed by atoms with van der Waals surface area (Å²) in [6, 6.07) is 10.2. The number of pyridine rings is 1. The number of hydrogen-bond donors (Lipinski definition) is 1. The number of benzene rings is 1. The Bertz CT molecular complexity index is 608. The van der Waals surface area contributed by atoms with Gasteiger partial charge in [-0.3, -0.25) is 4.98 Å². The number of nitrogens with one attached hydrogen (secondary N) is 1. The summed E-state index contributed by atoms with van der Waals surface area (Å²) in [6.45, 7) is 2.84. The van der Waals surface area contributed by atoms with Crippen LogP contribution in [0.2, 0.25) is 0 Å². The third-order valence-corrected chi connectivity index (χ3v) is 4.34. The van der Waals surface area contributed by atoms with Gasteiger partial charge >= 0.3 is 0 Å². The molecule has 2 aromatic rings. The Morgan fingerprint density at radius 2 is 2.19 bits per heavy atom. The molecule has 0 saturated heterocycles. The molecule has 0 spiro atoms. The summed E-state index contributed by atoms with van der Waals surface area (Å²) in [5.74, 6) is 0.437. The first-order valence-corrected chi connectivity index (χ1v) is 7.72. The molecule has 1 aliphatic carbocycles. The van der Waals surface area contributed by atoms with Gasteiger partial charge in [0, 0.05) is 11.8 Å². The molecule has 1 unspecified atom stereocenters. The van der Waals surface area contributed by atoms with Crippen LogP contribution in [0.25, 0.3) is 0 Å². The van der Waals surface area contributed by atoms with Gasteiger partial charge in [0.2, 0.25) is 0 Å². The third kappa shape index (κ3) is 2.98. The van der Waals surface area contributed by atoms with Crippen molar-refractivity contribution >= 4 is 0 Å². The van der Waals surface area contributed by atoms with E-state index in [0.717, 1.165) is 12.1 Å². The van der Waals surface area contributed by atoms with Crippen LogP contribution in [0.4, 0.5) is 4.39 Å². The highest BCUT2D eigenvalue weighted by atomic mass is 19.1. The molecule has 1 aromatic carbocycles. The molecule has 3 rings (SSSR count). The van der Waals surface area contributed by atoms with Crippen molar-refractivity contribution in [2.75, 3.05) is 6.54 Å². The zero-order chi connectivity index (χ0) is 14.7. The Balaban J connectivity index is 1.95. The summed E-state index contributed by atoms with van der Waals surface area (Å²) in [4.78, 5) is 3.85. The van der Waals surface area contributed by atoms with Crippen molar-refractivity contribution in [3.63, 3.8) is 0 Å². The van der Waals surface area contributed by atoms with Crippen molar-refractivity contribution in [2.24, 2.45) is 0 Å². The number of rotatable bonds is 5. The van der Waals surface area contributed by atoms with Gasteiger partial charge < -0.3 is 5.32 Å². The Hall–Kier alpha value is -1.74. The molecule has 1 heterocycles. The smallest absolute Gasteiger partial charge is 0.146 e. The van der Waals surface area contributed by atoms with Crippen LogP contribution in [0, 0.1) is 5.82 Å². The number of halogens is 1. The Morgan fingerprint density at radius 3 is 2.86 bits per heavy atom. The highest BCUT2D eigenvalue weighted by Gasteiger charge is 2.22. The summed E-state index contributed by atoms with van der Waals surface area (Å²) in [5.41, 5.74) is 3.18. The van der Waals surface area contributed by atoms with E-state index in [1.54, 1.807) is 12.3 Å². The van der Waals surface area contributed by atoms with Gasteiger partial charge in [0.05, 0.1) is 12.2 Å². The van der Waals surface area contributed by atoms with E-state index in [9.17, 15) is 4.39 Å². The van der Waals surface area contributed by atoms with E-state index >= 15 is 0 Å². The summed E-state index contributed by atoms with van der Waals surface area (Å²) in [7, 11) is 0. The molecule has 1 atom stereocenters. The normalized spacial score (nSPS) is 16.5. The van der Waals surface area contributed by atoms with Gasteiger partial charge in [0.1, 0.15) is 5.82 Å². The molecule has 3 heteroatoms. The van der Waals surface area contributed by atoms with Gasteiger partial charge in [-0.05, 0) is 42.5 Å². The molecule has 1 fully saturated rings. The summed E-state index contributed by atoms with van der Waals surface area (Å²) >= 11 is 0. The monoisotopic (exact) mass is 284 g/mol. The maximum Gasteiger partial charge on any atom is 0.146 e. The minimum atomic E-state index is -0.252. The molecule has 1 N–H and O–H groups in total. The Kier molecular flexibility index (Phi) is 4.30. The van der Waals surface area contributed by atoms with Crippen molar-refractivity contribution in [3.05, 3.63) is 65.2 Å². The first kappa shape index (κ1) is 14.2. The lowest BCUT2D eigenvalue weighted by Gasteiger charge is -2.27. The highest BCUT2D eigenvalue weighted by molar-refractivity contribution is 5.35. The SMILES string of the molecule is CCNC(c1cccc(C2CCC2)c1)c1ccncc1F. The maximum atomic E-state index is 14.1. The van der Waals surface area contributed by atoms with E-state index in [4.69, 9.17) is 0 Å². The molecule has 21 heavy (non-hydrogen) atoms. The van der Waals surface area contributed by atoms with Crippen LogP contribution in [0.1, 0.15) is 54.8 Å². The standard InChI is InChI=1S/C18H21FN2/c1-2-21-18(16-9-10-20-12-17(16)19)15-8-4-7-14(11-15)13-5-3-6-13/h4,7-13,18,21H,2-3,5-6H2,1H3. The lowest BCUT2D eigenvalue weighted by molar-refractivity contribution is 0.419. The van der Waals surface area contributed by atoms with Gasteiger partial charge in [0.15, 0.2) is 0 Å². The summed E-state index contributed by atoms with van der Waals surface area (Å²) in [6.07, 6.45) is 6.82. The summed E-state index contributed by atoms with van der Waals surface area (Å²) in [5, 5.41) is 3.39. The van der Waals surface area contributed by atoms with Crippen LogP contribution in [-0.2, 0) is 0 Å². The van der Waals surface area contributed by atoms with Crippen LogP contribution in [0.3, 0.4) is 0 Å². The molecule has 0 radical (unpaired) electrons. The largest absolute Gasteiger partial charge is 0.306 e. The van der Waals surface area contributed by atoms with E-state index in [1.807, 2.05) is 6.92 Å². The second-order valence-electron chi connectivity index (χ2n) is 5.69. The van der Waals surface area contributed by atoms with Crippen molar-refractivity contribution < 1.29 is 4.39 Å². The van der Waals surface area contributed by atoms with Gasteiger partial charge in [-0.2, -0.15) is 0 Å². The molecule has 0 amide bonds. The fourth-order valence-corrected chi connectivity index (χ4v) is 2.97. The van der Waals surface area contributed by atoms with Crippen LogP contribution in [-0.4, -0.2) is 11.5 Å². The average Bonchev–Trinajstić information content (AvgIpc) is 2.44. The molecule has 1 aromatic heterocycles. The van der Waals surface area contributed by atoms with Crippen molar-refractivity contribution in [1.82, 2.24) is 10.3 Å². The first-order chi connectivity index (χ1) is 10.3. The lowest BCUT2D eigenvalue weighted by Crippen LogP contribution is -2.23. The fourth-order valence-electron chi connectivity index (χ4n) is 2.97. The highest BCUT2D eigenvalue weighted by Crippen LogP contribution is 2.37. The molecule has 1 saturated carbocycles. The van der Waals surface area contributed by atoms with Crippen LogP contribution < -0.4 is 5.32 Å². The zero-order valence-corrected chi connectivity index (χ0v) is 12.3. The molecule has 0 aliphatic heterocycles. The van der Waals surface area contributed by atoms with Gasteiger partial charge in [-0.1, -0.05) is 37.6 Å². The molecule has 1 aliphatic rings. The average molecular weight is 284 g/mol. The second-order valence-corrected chi connectivity index (χ2v) is 5.69. The topological polar surface area (TPSA) is 24.9 Å². The van der Waals surface area contributed by atoms with Crippen LogP contribution in [0.5, 0.6) is 0 Å². The van der Waals surface area contributed by atoms with Crippen LogP contribution >= 0.6 is 0 Å². The molecule has 110 valence electrons. The molecule has 0 bridgehead atoms. The van der Waals surface area contributed by atoms with Crippen molar-refractivity contribution in [1.29, 1.82) is 0 Å². The minimum absolute atomic E-state index is 0.113. The number of hydrogen-bond acceptors (Lipinski definition) is 2. The maximum absolute atomic E-state index is 14.1. The van der Waals surface area contributed by atoms with Crippen LogP contribution in [0.15, 0.2) is 42.7 Å². The molecule has 2 nitrogen and oxygen atoms in total. The number of aromatic nitrogens is 1. The Morgan fingerprint density at radius 1 is 1.33 bits per heavy atom. The predicted octanol–water partition coefficient (Wildman–Crippen LogP) is 4.19. The third-order valence-electron chi connectivity index (χ3n) is 4.34. The van der Waals surface area contributed by atoms with E-state index in [-0.39, 0.29) is 11.9 Å². The van der Waals surface area contributed by atoms with Crippen molar-refractivity contribution in [2.45, 2.75) is 38.1 Å². The first-order valence-electron chi connectivity index (χ1n) is 7.72. The van der Waals surface area contributed by atoms with Gasteiger partial charge in [-0.25, -0.2) is 4.39 Å². The quantitative estimate of drug-likeness (QED) is 0.890. The Labute approximate surface area is 125 Å². The van der Waals surface area contributed by atoms with E-state index in [2.05, 4.69) is 34.6 Å². The molecular weight excluding hydrogens is 263 g/mol. The minimum Gasteiger partial charge on any atom is -0.306 e. The zero-order valence-electron chi connectivity index (χ0n) is 12.3. The van der Waals surface area contributed by atoms with E-state index < -0.39 is 0 Å². The summed E-state index contributed by atoms with van der Waals surface area (Å²) < 4.78 is 14.1. The molecular formula is C18H21FN2. The second kappa shape index (κ2) is 6.35. The fraction of sp³-hybridized carbons (Fsp3) is 0.389. The van der Waals surface area contributed by atoms with E-state index in [1.165, 1.54) is 31.0 Å². The van der Waals surface area contributed by atoms with Crippen molar-refractivity contribution in [3.8, 4) is 0 Å². The van der Waals surface area contributed by atoms with Gasteiger partial charge in [-0.15, -0.1) is 0 Å². The number of nitrogens with zero attached hydrogens (tertiary/aromatic N) is 1. The van der Waals surface area contributed by atoms with E-state index in [0.29, 0.717) is 11.5 Å². The lowest BCUT2D eigenvalue weighted by atomic mass is 9.79. The van der Waals surface area contributed by atoms with Gasteiger partial charge in [0.25, 0.3) is 0 Å². The predicted molar refractivity (Wildman–Crippen MR) is 82.7 cm³/mol.